The van der Waals surface area contributed by atoms with Crippen LogP contribution in [0.1, 0.15) is 32.4 Å². The van der Waals surface area contributed by atoms with E-state index in [9.17, 15) is 14.0 Å². The highest BCUT2D eigenvalue weighted by atomic mass is 19.1. The molecule has 1 amide bonds. The van der Waals surface area contributed by atoms with Gasteiger partial charge in [0.15, 0.2) is 0 Å². The van der Waals surface area contributed by atoms with Crippen LogP contribution in [0.25, 0.3) is 0 Å². The fraction of sp³-hybridized carbons (Fsp3) is 0.385. The molecule has 2 N–H and O–H groups in total. The van der Waals surface area contributed by atoms with Crippen LogP contribution >= 0.6 is 0 Å². The van der Waals surface area contributed by atoms with E-state index >= 15 is 0 Å². The topological polar surface area (TPSA) is 66.4 Å². The van der Waals surface area contributed by atoms with Crippen LogP contribution in [0.15, 0.2) is 24.3 Å². The van der Waals surface area contributed by atoms with Gasteiger partial charge in [0.2, 0.25) is 5.91 Å². The van der Waals surface area contributed by atoms with Crippen LogP contribution in [0.2, 0.25) is 0 Å². The second-order valence-electron chi connectivity index (χ2n) is 4.65. The van der Waals surface area contributed by atoms with Crippen LogP contribution in [0.5, 0.6) is 0 Å². The zero-order valence-electron chi connectivity index (χ0n) is 10.5. The molecular weight excluding hydrogens is 237 g/mol. The molecule has 0 aromatic heterocycles. The van der Waals surface area contributed by atoms with Crippen LogP contribution in [0, 0.1) is 11.2 Å². The Morgan fingerprint density at radius 2 is 1.89 bits per heavy atom. The molecule has 0 aliphatic heterocycles. The number of hydrogen-bond donors (Lipinski definition) is 2. The summed E-state index contributed by atoms with van der Waals surface area (Å²) in [5, 5.41) is 11.4. The third kappa shape index (κ3) is 2.85. The summed E-state index contributed by atoms with van der Waals surface area (Å²) in [5.41, 5.74) is -1.22. The molecule has 18 heavy (non-hydrogen) atoms. The van der Waals surface area contributed by atoms with Crippen LogP contribution < -0.4 is 5.32 Å². The van der Waals surface area contributed by atoms with Gasteiger partial charge in [0.05, 0.1) is 6.04 Å². The lowest BCUT2D eigenvalue weighted by Crippen LogP contribution is -2.43. The maximum atomic E-state index is 13.5. The van der Waals surface area contributed by atoms with Gasteiger partial charge in [-0.1, -0.05) is 18.2 Å². The Bertz CT molecular complexity index is 471. The van der Waals surface area contributed by atoms with Crippen molar-refractivity contribution >= 4 is 11.9 Å². The molecule has 0 fully saturated rings. The molecular formula is C13H16FNO3. The van der Waals surface area contributed by atoms with Crippen molar-refractivity contribution in [3.05, 3.63) is 35.6 Å². The van der Waals surface area contributed by atoms with Crippen LogP contribution in [-0.2, 0) is 9.59 Å². The molecule has 0 bridgehead atoms. The standard InChI is InChI=1S/C13H16FNO3/c1-8(9-6-4-5-7-10(9)14)15-11(16)13(2,3)12(17)18/h4-8H,1-3H3,(H,15,16)(H,17,18). The predicted molar refractivity (Wildman–Crippen MR) is 64.4 cm³/mol. The van der Waals surface area contributed by atoms with Gasteiger partial charge in [-0.15, -0.1) is 0 Å². The van der Waals surface area contributed by atoms with E-state index in [0.717, 1.165) is 0 Å². The van der Waals surface area contributed by atoms with E-state index in [0.29, 0.717) is 5.56 Å². The maximum absolute atomic E-state index is 13.5. The van der Waals surface area contributed by atoms with Gasteiger partial charge >= 0.3 is 5.97 Å². The lowest BCUT2D eigenvalue weighted by atomic mass is 9.92. The first-order chi connectivity index (χ1) is 8.26. The molecule has 5 heteroatoms. The van der Waals surface area contributed by atoms with E-state index in [-0.39, 0.29) is 0 Å². The lowest BCUT2D eigenvalue weighted by Gasteiger charge is -2.22. The molecule has 1 aromatic carbocycles. The Balaban J connectivity index is 2.84. The smallest absolute Gasteiger partial charge is 0.318 e. The van der Waals surface area contributed by atoms with Crippen LogP contribution in [0.3, 0.4) is 0 Å². The lowest BCUT2D eigenvalue weighted by molar-refractivity contribution is -0.153. The number of carbonyl (C=O) groups excluding carboxylic acids is 1. The highest BCUT2D eigenvalue weighted by molar-refractivity contribution is 6.01. The van der Waals surface area contributed by atoms with Gasteiger partial charge in [0.1, 0.15) is 11.2 Å². The van der Waals surface area contributed by atoms with Gasteiger partial charge < -0.3 is 10.4 Å². The molecule has 0 aliphatic carbocycles. The minimum Gasteiger partial charge on any atom is -0.480 e. The molecule has 1 atom stereocenters. The van der Waals surface area contributed by atoms with Gasteiger partial charge in [-0.25, -0.2) is 4.39 Å². The van der Waals surface area contributed by atoms with E-state index in [4.69, 9.17) is 5.11 Å². The van der Waals surface area contributed by atoms with Crippen LogP contribution in [0.4, 0.5) is 4.39 Å². The quantitative estimate of drug-likeness (QED) is 0.808. The zero-order chi connectivity index (χ0) is 13.9. The Hall–Kier alpha value is -1.91. The largest absolute Gasteiger partial charge is 0.480 e. The number of carboxylic acids is 1. The summed E-state index contributed by atoms with van der Waals surface area (Å²) >= 11 is 0. The molecule has 4 nitrogen and oxygen atoms in total. The first-order valence-electron chi connectivity index (χ1n) is 5.55. The normalized spacial score (nSPS) is 12.9. The number of amides is 1. The SMILES string of the molecule is CC(NC(=O)C(C)(C)C(=O)O)c1ccccc1F. The van der Waals surface area contributed by atoms with Crippen molar-refractivity contribution in [2.45, 2.75) is 26.8 Å². The van der Waals surface area contributed by atoms with Crippen molar-refractivity contribution in [2.24, 2.45) is 5.41 Å². The number of aliphatic carboxylic acids is 1. The number of nitrogens with one attached hydrogen (secondary N) is 1. The number of benzene rings is 1. The van der Waals surface area contributed by atoms with Gasteiger partial charge in [-0.05, 0) is 26.8 Å². The number of carboxylic acid groups (broad SMARTS) is 1. The highest BCUT2D eigenvalue weighted by Gasteiger charge is 2.36. The molecule has 1 aromatic rings. The number of carbonyl (C=O) groups is 2. The number of hydrogen-bond acceptors (Lipinski definition) is 2. The van der Waals surface area contributed by atoms with E-state index in [1.54, 1.807) is 25.1 Å². The minimum absolute atomic E-state index is 0.326. The molecule has 0 spiro atoms. The van der Waals surface area contributed by atoms with Gasteiger partial charge in [-0.3, -0.25) is 9.59 Å². The summed E-state index contributed by atoms with van der Waals surface area (Å²) in [6, 6.07) is 5.46. The molecule has 0 radical (unpaired) electrons. The first-order valence-corrected chi connectivity index (χ1v) is 5.55. The van der Waals surface area contributed by atoms with E-state index in [1.807, 2.05) is 0 Å². The summed E-state index contributed by atoms with van der Waals surface area (Å²) < 4.78 is 13.5. The van der Waals surface area contributed by atoms with E-state index in [1.165, 1.54) is 19.9 Å². The third-order valence-electron chi connectivity index (χ3n) is 2.82. The second-order valence-corrected chi connectivity index (χ2v) is 4.65. The zero-order valence-corrected chi connectivity index (χ0v) is 10.5. The minimum atomic E-state index is -1.54. The van der Waals surface area contributed by atoms with Crippen molar-refractivity contribution in [3.8, 4) is 0 Å². The van der Waals surface area contributed by atoms with Crippen molar-refractivity contribution in [1.29, 1.82) is 0 Å². The van der Waals surface area contributed by atoms with Gasteiger partial charge in [0, 0.05) is 5.56 Å². The molecule has 0 heterocycles. The predicted octanol–water partition coefficient (Wildman–Crippen LogP) is 2.11. The van der Waals surface area contributed by atoms with Crippen molar-refractivity contribution in [3.63, 3.8) is 0 Å². The van der Waals surface area contributed by atoms with Gasteiger partial charge in [-0.2, -0.15) is 0 Å². The van der Waals surface area contributed by atoms with Crippen LogP contribution in [-0.4, -0.2) is 17.0 Å². The Morgan fingerprint density at radius 1 is 1.33 bits per heavy atom. The maximum Gasteiger partial charge on any atom is 0.318 e. The molecule has 0 saturated carbocycles. The molecule has 98 valence electrons. The molecule has 0 aliphatic rings. The number of rotatable bonds is 4. The van der Waals surface area contributed by atoms with Crippen molar-refractivity contribution in [2.75, 3.05) is 0 Å². The second kappa shape index (κ2) is 5.16. The monoisotopic (exact) mass is 253 g/mol. The number of halogens is 1. The molecule has 1 unspecified atom stereocenters. The summed E-state index contributed by atoms with van der Waals surface area (Å²) in [6.07, 6.45) is 0. The Labute approximate surface area is 105 Å². The Kier molecular flexibility index (Phi) is 4.06. The third-order valence-corrected chi connectivity index (χ3v) is 2.82. The summed E-state index contributed by atoms with van der Waals surface area (Å²) in [6.45, 7) is 4.21. The first kappa shape index (κ1) is 14.2. The summed E-state index contributed by atoms with van der Waals surface area (Å²) in [7, 11) is 0. The van der Waals surface area contributed by atoms with Crippen molar-refractivity contribution in [1.82, 2.24) is 5.32 Å². The molecule has 0 saturated heterocycles. The van der Waals surface area contributed by atoms with E-state index < -0.39 is 29.2 Å². The fourth-order valence-corrected chi connectivity index (χ4v) is 1.38. The van der Waals surface area contributed by atoms with E-state index in [2.05, 4.69) is 5.32 Å². The summed E-state index contributed by atoms with van der Waals surface area (Å²) in [4.78, 5) is 22.7. The molecule has 1 rings (SSSR count). The highest BCUT2D eigenvalue weighted by Crippen LogP contribution is 2.20. The fourth-order valence-electron chi connectivity index (χ4n) is 1.38. The summed E-state index contributed by atoms with van der Waals surface area (Å²) in [5.74, 6) is -2.30. The average molecular weight is 253 g/mol. The van der Waals surface area contributed by atoms with Gasteiger partial charge in [0.25, 0.3) is 0 Å². The van der Waals surface area contributed by atoms with Crippen molar-refractivity contribution < 1.29 is 19.1 Å². The average Bonchev–Trinajstić information content (AvgIpc) is 2.28. The Morgan fingerprint density at radius 3 is 2.39 bits per heavy atom.